The van der Waals surface area contributed by atoms with Gasteiger partial charge in [0.1, 0.15) is 19.3 Å². The van der Waals surface area contributed by atoms with Gasteiger partial charge in [-0.25, -0.2) is 9.13 Å². The Balaban J connectivity index is 5.28. The number of phosphoric acid groups is 2. The maximum Gasteiger partial charge on any atom is 0.472 e. The average Bonchev–Trinajstić information content (AvgIpc) is 2.69. The first kappa shape index (κ1) is 92.1. The lowest BCUT2D eigenvalue weighted by molar-refractivity contribution is -0.161. The second kappa shape index (κ2) is 64.4. The third-order valence-electron chi connectivity index (χ3n) is 18.0. The molecule has 0 saturated heterocycles. The van der Waals surface area contributed by atoms with Gasteiger partial charge < -0.3 is 33.8 Å². The van der Waals surface area contributed by atoms with Crippen molar-refractivity contribution in [3.63, 3.8) is 0 Å². The second-order valence-electron chi connectivity index (χ2n) is 28.5. The second-order valence-corrected chi connectivity index (χ2v) is 31.4. The Morgan fingerprint density at radius 3 is 0.755 bits per heavy atom. The van der Waals surface area contributed by atoms with Crippen molar-refractivity contribution < 1.29 is 80.2 Å². The van der Waals surface area contributed by atoms with Gasteiger partial charge in [-0.2, -0.15) is 0 Å². The standard InChI is InChI=1S/C75H146O17P2/c1-9-67(7)53-45-37-29-21-16-17-22-31-39-47-55-72(77)85-61-70(91-74(79)57-49-41-33-23-15-13-11-12-14-19-27-35-43-51-65(3)4)63-89-93(81,82)87-59-69(76)60-88-94(83,84)90-64-71(92-75(80)58-50-42-34-24-18-20-28-36-44-52-66(5)6)62-86-73(78)56-48-40-32-26-25-30-38-46-54-68(8)10-2/h65-71,76H,9-64H2,1-8H3,(H,81,82)(H,83,84)/t67?,68?,69-,70-,71-/m1/s1. The number of aliphatic hydroxyl groups excluding tert-OH is 1. The van der Waals surface area contributed by atoms with Crippen LogP contribution in [0.25, 0.3) is 0 Å². The first-order chi connectivity index (χ1) is 45.2. The SMILES string of the molecule is CCC(C)CCCCCCCCCCCCC(=O)OC[C@H](COP(=O)(O)OC[C@@H](O)COP(=O)(O)OC[C@@H](COC(=O)CCCCCCCCCCC(C)CC)OC(=O)CCCCCCCCCCCC(C)C)OC(=O)CCCCCCCCCCCCCCCC(C)C. The summed E-state index contributed by atoms with van der Waals surface area (Å²) in [7, 11) is -9.91. The molecule has 0 spiro atoms. The normalized spacial score (nSPS) is 14.7. The highest BCUT2D eigenvalue weighted by Crippen LogP contribution is 2.45. The van der Waals surface area contributed by atoms with Gasteiger partial charge in [0, 0.05) is 25.7 Å². The van der Waals surface area contributed by atoms with Crippen LogP contribution in [0.1, 0.15) is 376 Å². The van der Waals surface area contributed by atoms with E-state index in [-0.39, 0.29) is 25.7 Å². The number of carbonyl (C=O) groups is 4. The average molecular weight is 1380 g/mol. The molecule has 0 aliphatic carbocycles. The zero-order valence-corrected chi connectivity index (χ0v) is 63.4. The molecule has 0 bridgehead atoms. The highest BCUT2D eigenvalue weighted by Gasteiger charge is 2.30. The minimum absolute atomic E-state index is 0.104. The molecule has 0 aliphatic rings. The molecule has 17 nitrogen and oxygen atoms in total. The lowest BCUT2D eigenvalue weighted by Gasteiger charge is -2.21. The molecule has 558 valence electrons. The van der Waals surface area contributed by atoms with Crippen molar-refractivity contribution in [1.82, 2.24) is 0 Å². The summed E-state index contributed by atoms with van der Waals surface area (Å²) in [6.45, 7) is 14.2. The van der Waals surface area contributed by atoms with Crippen molar-refractivity contribution in [2.75, 3.05) is 39.6 Å². The molecule has 0 aliphatic heterocycles. The Morgan fingerprint density at radius 2 is 0.511 bits per heavy atom. The molecule has 0 aromatic heterocycles. The van der Waals surface area contributed by atoms with E-state index in [1.807, 2.05) is 0 Å². The van der Waals surface area contributed by atoms with Gasteiger partial charge in [0.15, 0.2) is 12.2 Å². The Hall–Kier alpha value is -1.94. The number of phosphoric ester groups is 2. The lowest BCUT2D eigenvalue weighted by Crippen LogP contribution is -2.30. The fourth-order valence-corrected chi connectivity index (χ4v) is 12.9. The van der Waals surface area contributed by atoms with E-state index in [4.69, 9.17) is 37.0 Å². The Labute approximate surface area is 575 Å². The summed E-state index contributed by atoms with van der Waals surface area (Å²) < 4.78 is 68.5. The summed E-state index contributed by atoms with van der Waals surface area (Å²) >= 11 is 0. The van der Waals surface area contributed by atoms with Gasteiger partial charge in [-0.3, -0.25) is 37.3 Å². The minimum atomic E-state index is -4.96. The number of ether oxygens (including phenoxy) is 4. The van der Waals surface area contributed by atoms with E-state index in [0.717, 1.165) is 114 Å². The molecular formula is C75H146O17P2. The molecule has 0 fully saturated rings. The smallest absolute Gasteiger partial charge is 0.462 e. The van der Waals surface area contributed by atoms with Crippen LogP contribution in [0.4, 0.5) is 0 Å². The minimum Gasteiger partial charge on any atom is -0.462 e. The third-order valence-corrected chi connectivity index (χ3v) is 19.9. The largest absolute Gasteiger partial charge is 0.472 e. The van der Waals surface area contributed by atoms with Gasteiger partial charge in [-0.05, 0) is 49.4 Å². The summed E-state index contributed by atoms with van der Waals surface area (Å²) in [4.78, 5) is 72.8. The third kappa shape index (κ3) is 66.0. The summed E-state index contributed by atoms with van der Waals surface area (Å²) in [6, 6.07) is 0. The molecule has 94 heavy (non-hydrogen) atoms. The van der Waals surface area contributed by atoms with Crippen molar-refractivity contribution in [1.29, 1.82) is 0 Å². The van der Waals surface area contributed by atoms with Crippen molar-refractivity contribution in [3.8, 4) is 0 Å². The fourth-order valence-electron chi connectivity index (χ4n) is 11.3. The molecule has 0 aromatic carbocycles. The summed E-state index contributed by atoms with van der Waals surface area (Å²) in [5.41, 5.74) is 0. The van der Waals surface area contributed by atoms with Crippen molar-refractivity contribution >= 4 is 39.5 Å². The quantitative estimate of drug-likeness (QED) is 0.0222. The number of aliphatic hydroxyl groups is 1. The van der Waals surface area contributed by atoms with Crippen LogP contribution in [0, 0.1) is 23.7 Å². The summed E-state index contributed by atoms with van der Waals surface area (Å²) in [5, 5.41) is 10.6. The van der Waals surface area contributed by atoms with Crippen LogP contribution in [0.5, 0.6) is 0 Å². The molecule has 7 atom stereocenters. The van der Waals surface area contributed by atoms with Crippen LogP contribution < -0.4 is 0 Å². The zero-order valence-electron chi connectivity index (χ0n) is 61.6. The van der Waals surface area contributed by atoms with Crippen LogP contribution in [0.15, 0.2) is 0 Å². The van der Waals surface area contributed by atoms with Crippen LogP contribution in [0.3, 0.4) is 0 Å². The molecule has 3 N–H and O–H groups in total. The van der Waals surface area contributed by atoms with E-state index < -0.39 is 97.5 Å². The molecule has 4 unspecified atom stereocenters. The maximum absolute atomic E-state index is 13.1. The van der Waals surface area contributed by atoms with Gasteiger partial charge in [0.25, 0.3) is 0 Å². The molecular weight excluding hydrogens is 1230 g/mol. The Bertz CT molecular complexity index is 1850. The number of esters is 4. The topological polar surface area (TPSA) is 237 Å². The molecule has 0 aromatic rings. The van der Waals surface area contributed by atoms with Crippen LogP contribution in [-0.2, 0) is 65.4 Å². The van der Waals surface area contributed by atoms with Crippen molar-refractivity contribution in [2.24, 2.45) is 23.7 Å². The number of hydrogen-bond acceptors (Lipinski definition) is 15. The predicted octanol–water partition coefficient (Wildman–Crippen LogP) is 21.7. The first-order valence-electron chi connectivity index (χ1n) is 38.8. The van der Waals surface area contributed by atoms with E-state index in [2.05, 4.69) is 55.4 Å². The highest BCUT2D eigenvalue weighted by molar-refractivity contribution is 7.47. The fraction of sp³-hybridized carbons (Fsp3) is 0.947. The van der Waals surface area contributed by atoms with E-state index in [1.165, 1.54) is 180 Å². The highest BCUT2D eigenvalue weighted by atomic mass is 31.2. The molecule has 0 amide bonds. The predicted molar refractivity (Wildman–Crippen MR) is 381 cm³/mol. The van der Waals surface area contributed by atoms with Gasteiger partial charge in [-0.15, -0.1) is 0 Å². The van der Waals surface area contributed by atoms with Gasteiger partial charge >= 0.3 is 39.5 Å². The zero-order chi connectivity index (χ0) is 69.6. The number of rotatable bonds is 72. The Morgan fingerprint density at radius 1 is 0.298 bits per heavy atom. The number of hydrogen-bond donors (Lipinski definition) is 3. The lowest BCUT2D eigenvalue weighted by atomic mass is 9.99. The molecule has 0 heterocycles. The van der Waals surface area contributed by atoms with E-state index in [0.29, 0.717) is 25.7 Å². The maximum atomic E-state index is 13.1. The van der Waals surface area contributed by atoms with Gasteiger partial charge in [0.05, 0.1) is 26.4 Å². The number of unbranched alkanes of at least 4 members (excludes halogenated alkanes) is 36. The van der Waals surface area contributed by atoms with Crippen LogP contribution >= 0.6 is 15.6 Å². The van der Waals surface area contributed by atoms with Crippen LogP contribution in [0.2, 0.25) is 0 Å². The monoisotopic (exact) mass is 1380 g/mol. The van der Waals surface area contributed by atoms with E-state index in [9.17, 15) is 43.2 Å². The first-order valence-corrected chi connectivity index (χ1v) is 41.8. The van der Waals surface area contributed by atoms with Crippen LogP contribution in [-0.4, -0.2) is 96.7 Å². The summed E-state index contributed by atoms with van der Waals surface area (Å²) in [5.74, 6) is 0.988. The molecule has 19 heteroatoms. The summed E-state index contributed by atoms with van der Waals surface area (Å²) in [6.07, 6.45) is 48.4. The van der Waals surface area contributed by atoms with Gasteiger partial charge in [-0.1, -0.05) is 325 Å². The van der Waals surface area contributed by atoms with Crippen molar-refractivity contribution in [3.05, 3.63) is 0 Å². The number of carbonyl (C=O) groups excluding carboxylic acids is 4. The Kier molecular flexibility index (Phi) is 63.1. The van der Waals surface area contributed by atoms with E-state index in [1.54, 1.807) is 0 Å². The molecule has 0 radical (unpaired) electrons. The van der Waals surface area contributed by atoms with Crippen molar-refractivity contribution in [2.45, 2.75) is 395 Å². The van der Waals surface area contributed by atoms with E-state index >= 15 is 0 Å². The molecule has 0 saturated carbocycles. The van der Waals surface area contributed by atoms with Gasteiger partial charge in [0.2, 0.25) is 0 Å². The molecule has 0 rings (SSSR count).